The summed E-state index contributed by atoms with van der Waals surface area (Å²) in [5.41, 5.74) is 0.369. The molecule has 1 amide bonds. The third-order valence-corrected chi connectivity index (χ3v) is 4.06. The summed E-state index contributed by atoms with van der Waals surface area (Å²) < 4.78 is 41.9. The van der Waals surface area contributed by atoms with Gasteiger partial charge in [0.1, 0.15) is 5.82 Å². The smallest absolute Gasteiger partial charge is 0.307 e. The molecular formula is C18H15ClF3N5O. The number of benzene rings is 1. The van der Waals surface area contributed by atoms with Crippen LogP contribution >= 0.6 is 11.6 Å². The fourth-order valence-electron chi connectivity index (χ4n) is 2.49. The number of amides is 1. The van der Waals surface area contributed by atoms with Crippen LogP contribution in [0.4, 0.5) is 19.0 Å². The van der Waals surface area contributed by atoms with Crippen molar-refractivity contribution in [1.29, 1.82) is 0 Å². The lowest BCUT2D eigenvalue weighted by Crippen LogP contribution is -2.13. The molecule has 28 heavy (non-hydrogen) atoms. The minimum Gasteiger partial charge on any atom is -0.307 e. The lowest BCUT2D eigenvalue weighted by atomic mass is 10.2. The van der Waals surface area contributed by atoms with E-state index in [0.717, 1.165) is 23.8 Å². The number of nitrogens with zero attached hydrogens (tertiary/aromatic N) is 4. The van der Waals surface area contributed by atoms with E-state index in [9.17, 15) is 18.0 Å². The van der Waals surface area contributed by atoms with Crippen LogP contribution in [0.5, 0.6) is 0 Å². The summed E-state index contributed by atoms with van der Waals surface area (Å²) in [5, 5.41) is 10.8. The molecular weight excluding hydrogens is 395 g/mol. The lowest BCUT2D eigenvalue weighted by molar-refractivity contribution is -0.137. The zero-order chi connectivity index (χ0) is 20.5. The highest BCUT2D eigenvalue weighted by Crippen LogP contribution is 2.34. The first kappa shape index (κ1) is 19.7. The van der Waals surface area contributed by atoms with E-state index >= 15 is 0 Å². The molecule has 3 aromatic rings. The molecule has 0 saturated carbocycles. The zero-order valence-corrected chi connectivity index (χ0v) is 15.6. The Morgan fingerprint density at radius 3 is 2.68 bits per heavy atom. The molecule has 0 aliphatic carbocycles. The highest BCUT2D eigenvalue weighted by Gasteiger charge is 2.31. The third-order valence-electron chi connectivity index (χ3n) is 3.74. The van der Waals surface area contributed by atoms with Gasteiger partial charge in [-0.15, -0.1) is 0 Å². The van der Waals surface area contributed by atoms with Gasteiger partial charge in [0.2, 0.25) is 5.91 Å². The minimum absolute atomic E-state index is 0.0103. The standard InChI is InChI=1S/C18H15ClF3N5O/c1-11-7-16(24-17(28)6-3-12-9-23-26(2)10-12)27(25-11)15-8-13(18(20,21)22)4-5-14(15)19/h3-10H,1-2H3,(H,24,28)/b6-3+. The number of alkyl halides is 3. The minimum atomic E-state index is -4.53. The number of carbonyl (C=O) groups excluding carboxylic acids is 1. The molecule has 0 bridgehead atoms. The molecule has 1 aromatic carbocycles. The van der Waals surface area contributed by atoms with Crippen molar-refractivity contribution in [2.75, 3.05) is 5.32 Å². The molecule has 0 radical (unpaired) electrons. The molecule has 2 aromatic heterocycles. The Balaban J connectivity index is 1.89. The number of hydrogen-bond donors (Lipinski definition) is 1. The Bertz CT molecular complexity index is 1050. The van der Waals surface area contributed by atoms with Crippen molar-refractivity contribution in [3.63, 3.8) is 0 Å². The fraction of sp³-hybridized carbons (Fsp3) is 0.167. The number of nitrogens with one attached hydrogen (secondary N) is 1. The van der Waals surface area contributed by atoms with E-state index in [1.165, 1.54) is 16.8 Å². The van der Waals surface area contributed by atoms with Crippen molar-refractivity contribution in [3.05, 3.63) is 64.6 Å². The van der Waals surface area contributed by atoms with Crippen LogP contribution in [0.15, 0.2) is 42.7 Å². The van der Waals surface area contributed by atoms with Gasteiger partial charge in [0.25, 0.3) is 0 Å². The van der Waals surface area contributed by atoms with E-state index in [1.54, 1.807) is 37.1 Å². The predicted molar refractivity (Wildman–Crippen MR) is 99.2 cm³/mol. The second kappa shape index (κ2) is 7.51. The van der Waals surface area contributed by atoms with Gasteiger partial charge >= 0.3 is 6.18 Å². The Morgan fingerprint density at radius 2 is 2.04 bits per heavy atom. The number of halogens is 4. The number of aryl methyl sites for hydroxylation is 2. The van der Waals surface area contributed by atoms with Gasteiger partial charge in [0, 0.05) is 31.0 Å². The first-order valence-electron chi connectivity index (χ1n) is 8.05. The topological polar surface area (TPSA) is 64.7 Å². The molecule has 1 N–H and O–H groups in total. The van der Waals surface area contributed by atoms with E-state index in [1.807, 2.05) is 0 Å². The van der Waals surface area contributed by atoms with Gasteiger partial charge < -0.3 is 5.32 Å². The molecule has 0 fully saturated rings. The summed E-state index contributed by atoms with van der Waals surface area (Å²) in [6.07, 6.45) is 1.63. The van der Waals surface area contributed by atoms with Crippen LogP contribution in [0.2, 0.25) is 5.02 Å². The van der Waals surface area contributed by atoms with Crippen molar-refractivity contribution in [3.8, 4) is 5.69 Å². The van der Waals surface area contributed by atoms with Gasteiger partial charge in [-0.3, -0.25) is 9.48 Å². The molecule has 2 heterocycles. The van der Waals surface area contributed by atoms with Crippen LogP contribution in [0.3, 0.4) is 0 Å². The average molecular weight is 410 g/mol. The summed E-state index contributed by atoms with van der Waals surface area (Å²) in [4.78, 5) is 12.2. The highest BCUT2D eigenvalue weighted by atomic mass is 35.5. The van der Waals surface area contributed by atoms with Gasteiger partial charge in [0.05, 0.1) is 28.2 Å². The van der Waals surface area contributed by atoms with Gasteiger partial charge in [-0.1, -0.05) is 11.6 Å². The lowest BCUT2D eigenvalue weighted by Gasteiger charge is -2.13. The molecule has 0 atom stereocenters. The quantitative estimate of drug-likeness (QED) is 0.655. The van der Waals surface area contributed by atoms with Crippen LogP contribution in [-0.2, 0) is 18.0 Å². The normalized spacial score (nSPS) is 11.9. The molecule has 3 rings (SSSR count). The second-order valence-corrected chi connectivity index (χ2v) is 6.42. The molecule has 146 valence electrons. The molecule has 0 spiro atoms. The van der Waals surface area contributed by atoms with E-state index in [2.05, 4.69) is 15.5 Å². The van der Waals surface area contributed by atoms with Crippen molar-refractivity contribution in [2.24, 2.45) is 7.05 Å². The molecule has 0 aliphatic heterocycles. The number of anilines is 1. The van der Waals surface area contributed by atoms with Crippen LogP contribution < -0.4 is 5.32 Å². The van der Waals surface area contributed by atoms with E-state index in [0.29, 0.717) is 5.69 Å². The summed E-state index contributed by atoms with van der Waals surface area (Å²) in [5.74, 6) is -0.285. The molecule has 0 saturated heterocycles. The summed E-state index contributed by atoms with van der Waals surface area (Å²) in [6.45, 7) is 1.65. The Hall–Kier alpha value is -3.07. The van der Waals surface area contributed by atoms with E-state index < -0.39 is 17.6 Å². The van der Waals surface area contributed by atoms with Gasteiger partial charge in [-0.25, -0.2) is 4.68 Å². The Morgan fingerprint density at radius 1 is 1.29 bits per heavy atom. The number of hydrogen-bond acceptors (Lipinski definition) is 3. The first-order valence-corrected chi connectivity index (χ1v) is 8.43. The molecule has 0 aliphatic rings. The van der Waals surface area contributed by atoms with Gasteiger partial charge in [0.15, 0.2) is 0 Å². The van der Waals surface area contributed by atoms with Crippen molar-refractivity contribution < 1.29 is 18.0 Å². The maximum atomic E-state index is 13.0. The summed E-state index contributed by atoms with van der Waals surface area (Å²) in [6, 6.07) is 4.45. The van der Waals surface area contributed by atoms with Crippen molar-refractivity contribution in [1.82, 2.24) is 19.6 Å². The SMILES string of the molecule is Cc1cc(NC(=O)/C=C/c2cnn(C)c2)n(-c2cc(C(F)(F)F)ccc2Cl)n1. The molecule has 10 heteroatoms. The summed E-state index contributed by atoms with van der Waals surface area (Å²) >= 11 is 6.08. The summed E-state index contributed by atoms with van der Waals surface area (Å²) in [7, 11) is 1.75. The average Bonchev–Trinajstić information content (AvgIpc) is 3.18. The first-order chi connectivity index (χ1) is 13.1. The number of aromatic nitrogens is 4. The monoisotopic (exact) mass is 409 g/mol. The molecule has 0 unspecified atom stereocenters. The van der Waals surface area contributed by atoms with Crippen LogP contribution in [0.25, 0.3) is 11.8 Å². The maximum Gasteiger partial charge on any atom is 0.416 e. The fourth-order valence-corrected chi connectivity index (χ4v) is 2.69. The second-order valence-electron chi connectivity index (χ2n) is 6.02. The predicted octanol–water partition coefficient (Wildman–Crippen LogP) is 4.24. The largest absolute Gasteiger partial charge is 0.416 e. The van der Waals surface area contributed by atoms with E-state index in [4.69, 9.17) is 11.6 Å². The zero-order valence-electron chi connectivity index (χ0n) is 14.8. The van der Waals surface area contributed by atoms with Crippen LogP contribution in [-0.4, -0.2) is 25.5 Å². The number of rotatable bonds is 4. The third kappa shape index (κ3) is 4.42. The van der Waals surface area contributed by atoms with Crippen molar-refractivity contribution in [2.45, 2.75) is 13.1 Å². The maximum absolute atomic E-state index is 13.0. The van der Waals surface area contributed by atoms with Crippen LogP contribution in [0, 0.1) is 6.92 Å². The van der Waals surface area contributed by atoms with E-state index in [-0.39, 0.29) is 16.5 Å². The van der Waals surface area contributed by atoms with Crippen molar-refractivity contribution >= 4 is 29.4 Å². The van der Waals surface area contributed by atoms with Crippen LogP contribution in [0.1, 0.15) is 16.8 Å². The molecule has 6 nitrogen and oxygen atoms in total. The Kier molecular flexibility index (Phi) is 5.28. The van der Waals surface area contributed by atoms with Gasteiger partial charge in [-0.2, -0.15) is 23.4 Å². The van der Waals surface area contributed by atoms with Gasteiger partial charge in [-0.05, 0) is 31.2 Å². The number of carbonyl (C=O) groups is 1. The highest BCUT2D eigenvalue weighted by molar-refractivity contribution is 6.32. The Labute approximate surface area is 163 Å².